The fourth-order valence-corrected chi connectivity index (χ4v) is 2.23. The van der Waals surface area contributed by atoms with Crippen LogP contribution in [0.4, 0.5) is 4.39 Å². The molecular formula is C16H26FNO2. The van der Waals surface area contributed by atoms with Crippen molar-refractivity contribution in [1.82, 2.24) is 5.32 Å². The van der Waals surface area contributed by atoms with Crippen LogP contribution in [0.3, 0.4) is 0 Å². The van der Waals surface area contributed by atoms with Gasteiger partial charge in [-0.15, -0.1) is 0 Å². The summed E-state index contributed by atoms with van der Waals surface area (Å²) in [5.41, 5.74) is 0.952. The van der Waals surface area contributed by atoms with Gasteiger partial charge in [0.05, 0.1) is 0 Å². The molecule has 114 valence electrons. The Kier molecular flexibility index (Phi) is 5.96. The summed E-state index contributed by atoms with van der Waals surface area (Å²) in [6.45, 7) is 9.13. The van der Waals surface area contributed by atoms with Crippen LogP contribution in [-0.2, 0) is 5.41 Å². The highest BCUT2D eigenvalue weighted by Gasteiger charge is 2.23. The van der Waals surface area contributed by atoms with Crippen LogP contribution in [0.25, 0.3) is 0 Å². The Hall–Kier alpha value is -1.13. The molecule has 0 spiro atoms. The van der Waals surface area contributed by atoms with Gasteiger partial charge >= 0.3 is 0 Å². The molecule has 2 rings (SSSR count). The van der Waals surface area contributed by atoms with Crippen molar-refractivity contribution < 1.29 is 14.2 Å². The number of hydrogen-bond donors (Lipinski definition) is 2. The maximum absolute atomic E-state index is 14.0. The standard InChI is InChI=1S/C15H22FNO.CH4O/c1-10-7-12(9-17-10)18-14-6-5-11(8-13(14)16)15(2,3)4;1-2/h5-6,8,10,12,17H,7,9H2,1-4H3;2H,1H3/t10-,12-;/m1./s1. The van der Waals surface area contributed by atoms with E-state index in [1.165, 1.54) is 0 Å². The second kappa shape index (κ2) is 7.04. The van der Waals surface area contributed by atoms with Crippen LogP contribution in [0.2, 0.25) is 0 Å². The van der Waals surface area contributed by atoms with Crippen molar-refractivity contribution in [3.05, 3.63) is 29.6 Å². The van der Waals surface area contributed by atoms with Crippen molar-refractivity contribution >= 4 is 0 Å². The first kappa shape index (κ1) is 16.9. The number of aliphatic hydroxyl groups is 1. The highest BCUT2D eigenvalue weighted by molar-refractivity contribution is 5.33. The van der Waals surface area contributed by atoms with Gasteiger partial charge in [-0.05, 0) is 30.0 Å². The molecule has 0 aliphatic carbocycles. The minimum absolute atomic E-state index is 0.0389. The van der Waals surface area contributed by atoms with E-state index in [2.05, 4.69) is 33.0 Å². The van der Waals surface area contributed by atoms with Gasteiger partial charge in [-0.2, -0.15) is 0 Å². The highest BCUT2D eigenvalue weighted by atomic mass is 19.1. The van der Waals surface area contributed by atoms with Crippen LogP contribution >= 0.6 is 0 Å². The zero-order chi connectivity index (χ0) is 15.3. The normalized spacial score (nSPS) is 22.1. The average molecular weight is 283 g/mol. The van der Waals surface area contributed by atoms with Crippen LogP contribution < -0.4 is 10.1 Å². The van der Waals surface area contributed by atoms with Gasteiger partial charge in [0.25, 0.3) is 0 Å². The molecule has 1 aromatic carbocycles. The predicted molar refractivity (Wildman–Crippen MR) is 79.7 cm³/mol. The van der Waals surface area contributed by atoms with Crippen LogP contribution in [0, 0.1) is 5.82 Å². The fourth-order valence-electron chi connectivity index (χ4n) is 2.23. The second-order valence-corrected chi connectivity index (χ2v) is 6.18. The van der Waals surface area contributed by atoms with Crippen LogP contribution in [0.15, 0.2) is 18.2 Å². The van der Waals surface area contributed by atoms with E-state index in [9.17, 15) is 4.39 Å². The average Bonchev–Trinajstić information content (AvgIpc) is 2.79. The summed E-state index contributed by atoms with van der Waals surface area (Å²) in [6.07, 6.45) is 1.01. The maximum atomic E-state index is 14.0. The third kappa shape index (κ3) is 4.46. The molecule has 4 heteroatoms. The van der Waals surface area contributed by atoms with E-state index < -0.39 is 0 Å². The molecule has 3 nitrogen and oxygen atoms in total. The number of halogens is 1. The fraction of sp³-hybridized carbons (Fsp3) is 0.625. The Morgan fingerprint density at radius 1 is 1.30 bits per heavy atom. The first-order chi connectivity index (χ1) is 9.36. The monoisotopic (exact) mass is 283 g/mol. The third-order valence-corrected chi connectivity index (χ3v) is 3.40. The van der Waals surface area contributed by atoms with Crippen molar-refractivity contribution in [2.75, 3.05) is 13.7 Å². The van der Waals surface area contributed by atoms with Gasteiger partial charge in [0.15, 0.2) is 11.6 Å². The number of rotatable bonds is 2. The molecule has 1 aromatic rings. The molecule has 2 N–H and O–H groups in total. The largest absolute Gasteiger partial charge is 0.486 e. The maximum Gasteiger partial charge on any atom is 0.165 e. The number of hydrogen-bond acceptors (Lipinski definition) is 3. The second-order valence-electron chi connectivity index (χ2n) is 6.18. The lowest BCUT2D eigenvalue weighted by molar-refractivity contribution is 0.210. The van der Waals surface area contributed by atoms with E-state index >= 15 is 0 Å². The molecular weight excluding hydrogens is 257 g/mol. The smallest absolute Gasteiger partial charge is 0.165 e. The molecule has 0 saturated carbocycles. The molecule has 0 radical (unpaired) electrons. The molecule has 0 unspecified atom stereocenters. The van der Waals surface area contributed by atoms with Gasteiger partial charge in [-0.3, -0.25) is 0 Å². The van der Waals surface area contributed by atoms with Crippen molar-refractivity contribution in [3.8, 4) is 5.75 Å². The summed E-state index contributed by atoms with van der Waals surface area (Å²) >= 11 is 0. The molecule has 1 aliphatic heterocycles. The summed E-state index contributed by atoms with van der Waals surface area (Å²) in [5.74, 6) is 0.103. The van der Waals surface area contributed by atoms with Gasteiger partial charge in [0.1, 0.15) is 6.10 Å². The van der Waals surface area contributed by atoms with Gasteiger partial charge in [0, 0.05) is 26.1 Å². The predicted octanol–water partition coefficient (Wildman–Crippen LogP) is 2.86. The van der Waals surface area contributed by atoms with Crippen LogP contribution in [-0.4, -0.2) is 30.9 Å². The Labute approximate surface area is 121 Å². The van der Waals surface area contributed by atoms with Crippen molar-refractivity contribution in [3.63, 3.8) is 0 Å². The molecule has 0 amide bonds. The third-order valence-electron chi connectivity index (χ3n) is 3.40. The van der Waals surface area contributed by atoms with Crippen molar-refractivity contribution in [2.24, 2.45) is 0 Å². The minimum atomic E-state index is -0.262. The topological polar surface area (TPSA) is 41.5 Å². The Morgan fingerprint density at radius 2 is 1.95 bits per heavy atom. The molecule has 1 aliphatic rings. The minimum Gasteiger partial charge on any atom is -0.486 e. The van der Waals surface area contributed by atoms with Crippen LogP contribution in [0.1, 0.15) is 39.7 Å². The zero-order valence-corrected chi connectivity index (χ0v) is 13.0. The molecule has 0 bridgehead atoms. The molecule has 2 atom stereocenters. The molecule has 1 fully saturated rings. The number of ether oxygens (including phenoxy) is 1. The summed E-state index contributed by atoms with van der Waals surface area (Å²) in [4.78, 5) is 0. The van der Waals surface area contributed by atoms with Crippen molar-refractivity contribution in [1.29, 1.82) is 0 Å². The number of benzene rings is 1. The van der Waals surface area contributed by atoms with Gasteiger partial charge in [0.2, 0.25) is 0 Å². The summed E-state index contributed by atoms with van der Waals surface area (Å²) in [6, 6.07) is 5.73. The van der Waals surface area contributed by atoms with E-state index in [4.69, 9.17) is 9.84 Å². The Morgan fingerprint density at radius 3 is 2.40 bits per heavy atom. The number of aliphatic hydroxyl groups excluding tert-OH is 1. The molecule has 1 saturated heterocycles. The molecule has 0 aromatic heterocycles. The lowest BCUT2D eigenvalue weighted by atomic mass is 9.87. The lowest BCUT2D eigenvalue weighted by Crippen LogP contribution is -2.21. The number of nitrogens with one attached hydrogen (secondary N) is 1. The lowest BCUT2D eigenvalue weighted by Gasteiger charge is -2.20. The highest BCUT2D eigenvalue weighted by Crippen LogP contribution is 2.28. The SMILES string of the molecule is CO.C[C@@H]1C[C@@H](Oc2ccc(C(C)(C)C)cc2F)CN1. The van der Waals surface area contributed by atoms with Gasteiger partial charge in [-0.25, -0.2) is 4.39 Å². The summed E-state index contributed by atoms with van der Waals surface area (Å²) in [7, 11) is 1.00. The quantitative estimate of drug-likeness (QED) is 0.877. The van der Waals surface area contributed by atoms with E-state index in [0.717, 1.165) is 25.6 Å². The van der Waals surface area contributed by atoms with E-state index in [-0.39, 0.29) is 17.3 Å². The Bertz CT molecular complexity index is 429. The molecule has 20 heavy (non-hydrogen) atoms. The molecule has 1 heterocycles. The Balaban J connectivity index is 0.000000956. The van der Waals surface area contributed by atoms with Crippen LogP contribution in [0.5, 0.6) is 5.75 Å². The summed E-state index contributed by atoms with van der Waals surface area (Å²) in [5, 5.41) is 10.3. The first-order valence-electron chi connectivity index (χ1n) is 7.01. The van der Waals surface area contributed by atoms with E-state index in [1.807, 2.05) is 6.07 Å². The van der Waals surface area contributed by atoms with Gasteiger partial charge in [-0.1, -0.05) is 26.8 Å². The zero-order valence-electron chi connectivity index (χ0n) is 13.0. The van der Waals surface area contributed by atoms with Gasteiger partial charge < -0.3 is 15.2 Å². The van der Waals surface area contributed by atoms with E-state index in [1.54, 1.807) is 12.1 Å². The van der Waals surface area contributed by atoms with E-state index in [0.29, 0.717) is 11.8 Å². The van der Waals surface area contributed by atoms with Crippen molar-refractivity contribution in [2.45, 2.75) is 51.7 Å². The summed E-state index contributed by atoms with van der Waals surface area (Å²) < 4.78 is 19.7. The first-order valence-corrected chi connectivity index (χ1v) is 7.01.